The molecule has 0 saturated heterocycles. The van der Waals surface area contributed by atoms with Crippen LogP contribution in [0.3, 0.4) is 0 Å². The molecule has 1 unspecified atom stereocenters. The SMILES string of the molecule is CN=C(NCCOc1ncccc1Cl)NC(C)Cc1c(C)nn(C)c1C. The molecule has 1 atom stereocenters. The molecule has 0 fully saturated rings. The van der Waals surface area contributed by atoms with Gasteiger partial charge >= 0.3 is 0 Å². The number of hydrogen-bond donors (Lipinski definition) is 2. The minimum absolute atomic E-state index is 0.217. The van der Waals surface area contributed by atoms with Gasteiger partial charge in [-0.2, -0.15) is 5.10 Å². The van der Waals surface area contributed by atoms with Crippen molar-refractivity contribution in [1.82, 2.24) is 25.4 Å². The van der Waals surface area contributed by atoms with Gasteiger partial charge in [0.2, 0.25) is 5.88 Å². The predicted molar refractivity (Wildman–Crippen MR) is 105 cm³/mol. The van der Waals surface area contributed by atoms with Crippen LogP contribution < -0.4 is 15.4 Å². The molecule has 0 aliphatic heterocycles. The van der Waals surface area contributed by atoms with Gasteiger partial charge < -0.3 is 15.4 Å². The second-order valence-electron chi connectivity index (χ2n) is 6.16. The van der Waals surface area contributed by atoms with Crippen LogP contribution >= 0.6 is 11.6 Å². The Morgan fingerprint density at radius 3 is 2.81 bits per heavy atom. The van der Waals surface area contributed by atoms with E-state index >= 15 is 0 Å². The smallest absolute Gasteiger partial charge is 0.232 e. The number of aliphatic imine (C=N–C) groups is 1. The van der Waals surface area contributed by atoms with Crippen molar-refractivity contribution < 1.29 is 4.74 Å². The highest BCUT2D eigenvalue weighted by Crippen LogP contribution is 2.19. The van der Waals surface area contributed by atoms with E-state index < -0.39 is 0 Å². The van der Waals surface area contributed by atoms with Gasteiger partial charge in [0.15, 0.2) is 5.96 Å². The molecule has 8 heteroatoms. The number of ether oxygens (including phenoxy) is 1. The Bertz CT molecular complexity index is 758. The highest BCUT2D eigenvalue weighted by Gasteiger charge is 2.14. The summed E-state index contributed by atoms with van der Waals surface area (Å²) in [7, 11) is 3.72. The summed E-state index contributed by atoms with van der Waals surface area (Å²) >= 11 is 6.02. The lowest BCUT2D eigenvalue weighted by Crippen LogP contribution is -2.44. The molecule has 142 valence electrons. The van der Waals surface area contributed by atoms with Gasteiger partial charge in [-0.1, -0.05) is 11.6 Å². The Morgan fingerprint density at radius 1 is 1.42 bits per heavy atom. The van der Waals surface area contributed by atoms with Gasteiger partial charge in [-0.25, -0.2) is 4.98 Å². The number of pyridine rings is 1. The Labute approximate surface area is 159 Å². The van der Waals surface area contributed by atoms with Gasteiger partial charge in [0.05, 0.1) is 12.2 Å². The molecule has 2 aromatic rings. The highest BCUT2D eigenvalue weighted by atomic mass is 35.5. The fourth-order valence-corrected chi connectivity index (χ4v) is 2.87. The molecule has 0 spiro atoms. The minimum Gasteiger partial charge on any atom is -0.475 e. The van der Waals surface area contributed by atoms with E-state index in [9.17, 15) is 0 Å². The second-order valence-corrected chi connectivity index (χ2v) is 6.57. The van der Waals surface area contributed by atoms with Crippen molar-refractivity contribution >= 4 is 17.6 Å². The summed E-state index contributed by atoms with van der Waals surface area (Å²) in [5, 5.41) is 11.6. The summed E-state index contributed by atoms with van der Waals surface area (Å²) in [6, 6.07) is 3.74. The lowest BCUT2D eigenvalue weighted by Gasteiger charge is -2.18. The fraction of sp³-hybridized carbons (Fsp3) is 0.500. The number of rotatable bonds is 7. The zero-order chi connectivity index (χ0) is 19.1. The van der Waals surface area contributed by atoms with Crippen molar-refractivity contribution in [2.24, 2.45) is 12.0 Å². The van der Waals surface area contributed by atoms with E-state index in [0.29, 0.717) is 24.1 Å². The van der Waals surface area contributed by atoms with E-state index in [1.807, 2.05) is 18.7 Å². The van der Waals surface area contributed by atoms with E-state index in [4.69, 9.17) is 16.3 Å². The molecule has 0 aliphatic carbocycles. The lowest BCUT2D eigenvalue weighted by atomic mass is 10.1. The summed E-state index contributed by atoms with van der Waals surface area (Å²) < 4.78 is 7.49. The zero-order valence-electron chi connectivity index (χ0n) is 16.0. The third-order valence-electron chi connectivity index (χ3n) is 4.13. The maximum atomic E-state index is 6.02. The summed E-state index contributed by atoms with van der Waals surface area (Å²) in [6.45, 7) is 7.29. The van der Waals surface area contributed by atoms with Crippen molar-refractivity contribution in [1.29, 1.82) is 0 Å². The van der Waals surface area contributed by atoms with E-state index in [0.717, 1.165) is 18.1 Å². The fourth-order valence-electron chi connectivity index (χ4n) is 2.69. The molecule has 26 heavy (non-hydrogen) atoms. The first-order chi connectivity index (χ1) is 12.4. The number of hydrogen-bond acceptors (Lipinski definition) is 4. The molecule has 2 aromatic heterocycles. The van der Waals surface area contributed by atoms with Gasteiger partial charge in [-0.3, -0.25) is 9.67 Å². The zero-order valence-corrected chi connectivity index (χ0v) is 16.8. The van der Waals surface area contributed by atoms with E-state index in [-0.39, 0.29) is 6.04 Å². The lowest BCUT2D eigenvalue weighted by molar-refractivity contribution is 0.309. The van der Waals surface area contributed by atoms with Crippen molar-refractivity contribution in [3.05, 3.63) is 40.3 Å². The quantitative estimate of drug-likeness (QED) is 0.439. The molecule has 0 bridgehead atoms. The Hall–Kier alpha value is -2.28. The van der Waals surface area contributed by atoms with Crippen LogP contribution in [-0.2, 0) is 13.5 Å². The molecule has 0 aromatic carbocycles. The molecule has 0 radical (unpaired) electrons. The summed E-state index contributed by atoms with van der Waals surface area (Å²) in [5.41, 5.74) is 3.54. The van der Waals surface area contributed by atoms with E-state index in [1.54, 1.807) is 25.4 Å². The first-order valence-corrected chi connectivity index (χ1v) is 8.99. The van der Waals surface area contributed by atoms with E-state index in [2.05, 4.69) is 39.6 Å². The third-order valence-corrected chi connectivity index (χ3v) is 4.42. The Kier molecular flexibility index (Phi) is 7.26. The minimum atomic E-state index is 0.217. The van der Waals surface area contributed by atoms with Crippen LogP contribution in [0.5, 0.6) is 5.88 Å². The maximum Gasteiger partial charge on any atom is 0.232 e. The summed E-state index contributed by atoms with van der Waals surface area (Å²) in [4.78, 5) is 8.35. The molecular formula is C18H27ClN6O. The highest BCUT2D eigenvalue weighted by molar-refractivity contribution is 6.31. The number of aromatic nitrogens is 3. The predicted octanol–water partition coefficient (Wildman–Crippen LogP) is 2.26. The van der Waals surface area contributed by atoms with Gasteiger partial charge in [0, 0.05) is 32.0 Å². The number of guanidine groups is 1. The average molecular weight is 379 g/mol. The molecule has 0 aliphatic rings. The Balaban J connectivity index is 1.79. The largest absolute Gasteiger partial charge is 0.475 e. The van der Waals surface area contributed by atoms with Crippen molar-refractivity contribution in [3.8, 4) is 5.88 Å². The molecule has 2 heterocycles. The standard InChI is InChI=1S/C18H27ClN6O/c1-12(11-15-13(2)24-25(5)14(15)3)23-18(20-4)22-9-10-26-17-16(19)7-6-8-21-17/h6-8,12H,9-11H2,1-5H3,(H2,20,22,23). The molecule has 0 amide bonds. The molecule has 2 rings (SSSR count). The Morgan fingerprint density at radius 2 is 2.19 bits per heavy atom. The van der Waals surface area contributed by atoms with E-state index in [1.165, 1.54) is 11.3 Å². The molecule has 7 nitrogen and oxygen atoms in total. The topological polar surface area (TPSA) is 76.4 Å². The first kappa shape index (κ1) is 20.0. The maximum absolute atomic E-state index is 6.02. The van der Waals surface area contributed by atoms with Crippen LogP contribution in [0.4, 0.5) is 0 Å². The molecule has 2 N–H and O–H groups in total. The number of nitrogens with one attached hydrogen (secondary N) is 2. The first-order valence-electron chi connectivity index (χ1n) is 8.62. The van der Waals surface area contributed by atoms with Crippen LogP contribution in [0.1, 0.15) is 23.9 Å². The monoisotopic (exact) mass is 378 g/mol. The normalized spacial score (nSPS) is 12.8. The number of halogens is 1. The second kappa shape index (κ2) is 9.43. The van der Waals surface area contributed by atoms with Gasteiger partial charge in [-0.05, 0) is 44.9 Å². The number of nitrogens with zero attached hydrogens (tertiary/aromatic N) is 4. The van der Waals surface area contributed by atoms with Crippen molar-refractivity contribution in [3.63, 3.8) is 0 Å². The molecular weight excluding hydrogens is 352 g/mol. The van der Waals surface area contributed by atoms with Gasteiger partial charge in [0.1, 0.15) is 11.6 Å². The van der Waals surface area contributed by atoms with Crippen molar-refractivity contribution in [2.75, 3.05) is 20.2 Å². The summed E-state index contributed by atoms with van der Waals surface area (Å²) in [5.74, 6) is 1.17. The van der Waals surface area contributed by atoms with Crippen LogP contribution in [0.15, 0.2) is 23.3 Å². The van der Waals surface area contributed by atoms with Gasteiger partial charge in [0.25, 0.3) is 0 Å². The summed E-state index contributed by atoms with van der Waals surface area (Å²) in [6.07, 6.45) is 2.53. The van der Waals surface area contributed by atoms with Crippen LogP contribution in [0.25, 0.3) is 0 Å². The van der Waals surface area contributed by atoms with Crippen molar-refractivity contribution in [2.45, 2.75) is 33.2 Å². The number of aryl methyl sites for hydroxylation is 2. The van der Waals surface area contributed by atoms with Crippen LogP contribution in [-0.4, -0.2) is 47.0 Å². The molecule has 0 saturated carbocycles. The van der Waals surface area contributed by atoms with Gasteiger partial charge in [-0.15, -0.1) is 0 Å². The average Bonchev–Trinajstić information content (AvgIpc) is 2.85. The van der Waals surface area contributed by atoms with Crippen LogP contribution in [0, 0.1) is 13.8 Å². The van der Waals surface area contributed by atoms with Crippen LogP contribution in [0.2, 0.25) is 5.02 Å². The third kappa shape index (κ3) is 5.36.